The molecule has 2 saturated heterocycles. The van der Waals surface area contributed by atoms with Gasteiger partial charge in [-0.05, 0) is 44.6 Å². The van der Waals surface area contributed by atoms with Crippen LogP contribution < -0.4 is 10.6 Å². The van der Waals surface area contributed by atoms with Gasteiger partial charge in [0.2, 0.25) is 11.8 Å². The van der Waals surface area contributed by atoms with Crippen LogP contribution in [0.3, 0.4) is 0 Å². The predicted molar refractivity (Wildman–Crippen MR) is 165 cm³/mol. The van der Waals surface area contributed by atoms with E-state index in [0.29, 0.717) is 25.7 Å². The van der Waals surface area contributed by atoms with Crippen molar-refractivity contribution in [2.24, 2.45) is 11.8 Å². The molecule has 0 radical (unpaired) electrons. The van der Waals surface area contributed by atoms with Gasteiger partial charge in [0.25, 0.3) is 0 Å². The van der Waals surface area contributed by atoms with E-state index in [1.165, 1.54) is 13.0 Å². The summed E-state index contributed by atoms with van der Waals surface area (Å²) >= 11 is 0. The van der Waals surface area contributed by atoms with Crippen molar-refractivity contribution in [3.8, 4) is 0 Å². The molecular formula is C30H46N2O9S2. The Bertz CT molecular complexity index is 1050. The molecule has 0 aromatic heterocycles. The minimum absolute atomic E-state index is 0.0374. The maximum atomic E-state index is 12.3. The average molecular weight is 643 g/mol. The van der Waals surface area contributed by atoms with Gasteiger partial charge in [-0.25, -0.2) is 4.79 Å². The standard InChI is InChI=1S/C30H46N2O9S2/c1-17(19(3)33)10-9-11-20-15-41-28(27(38)26(20)37)25(36)18(2)14-23(35)40-13-8-6-4-5-7-12-22(34)32-24-29-21(16-42-43-29)31-30(24)39/h9-10,14,16-17,19-20,24-29,33,36-38H,4-8,11-13,15H2,1-3H3,(H,31,39)(H,32,34)/b10-9+,18-14+/t17-,19-,20-,24?,25-,26-,27-,28-,29?/m0/s1. The lowest BCUT2D eigenvalue weighted by molar-refractivity contribution is -0.187. The number of esters is 1. The van der Waals surface area contributed by atoms with Crippen molar-refractivity contribution in [2.75, 3.05) is 13.2 Å². The maximum Gasteiger partial charge on any atom is 0.330 e. The van der Waals surface area contributed by atoms with Crippen LogP contribution in [0, 0.1) is 11.8 Å². The molecule has 3 heterocycles. The van der Waals surface area contributed by atoms with E-state index < -0.39 is 42.5 Å². The summed E-state index contributed by atoms with van der Waals surface area (Å²) in [5.74, 6) is -1.30. The summed E-state index contributed by atoms with van der Waals surface area (Å²) in [6.07, 6.45) is 4.27. The van der Waals surface area contributed by atoms with E-state index in [1.807, 2.05) is 24.5 Å². The fourth-order valence-electron chi connectivity index (χ4n) is 5.02. The monoisotopic (exact) mass is 642 g/mol. The van der Waals surface area contributed by atoms with Gasteiger partial charge in [0, 0.05) is 29.5 Å². The first-order chi connectivity index (χ1) is 20.5. The zero-order valence-electron chi connectivity index (χ0n) is 25.0. The van der Waals surface area contributed by atoms with Crippen molar-refractivity contribution >= 4 is 39.4 Å². The zero-order valence-corrected chi connectivity index (χ0v) is 26.6. The lowest BCUT2D eigenvalue weighted by Gasteiger charge is -2.39. The highest BCUT2D eigenvalue weighted by atomic mass is 33.1. The molecule has 3 rings (SSSR count). The summed E-state index contributed by atoms with van der Waals surface area (Å²) in [5, 5.41) is 48.9. The largest absolute Gasteiger partial charge is 0.463 e. The molecule has 2 fully saturated rings. The number of aliphatic hydroxyl groups is 4. The summed E-state index contributed by atoms with van der Waals surface area (Å²) in [5.41, 5.74) is 1.12. The Kier molecular flexibility index (Phi) is 14.6. The number of allylic oxidation sites excluding steroid dienone is 1. The van der Waals surface area contributed by atoms with Gasteiger partial charge in [-0.15, -0.1) is 0 Å². The number of ether oxygens (including phenoxy) is 2. The van der Waals surface area contributed by atoms with Crippen LogP contribution in [0.15, 0.2) is 34.9 Å². The number of rotatable bonds is 16. The number of amides is 2. The Morgan fingerprint density at radius 2 is 1.88 bits per heavy atom. The summed E-state index contributed by atoms with van der Waals surface area (Å²) in [6, 6.07) is -0.518. The maximum absolute atomic E-state index is 12.3. The molecule has 0 aliphatic carbocycles. The van der Waals surface area contributed by atoms with Crippen LogP contribution in [0.25, 0.3) is 0 Å². The lowest BCUT2D eigenvalue weighted by Crippen LogP contribution is -2.54. The quantitative estimate of drug-likeness (QED) is 0.0478. The molecule has 3 aliphatic heterocycles. The molecule has 43 heavy (non-hydrogen) atoms. The Morgan fingerprint density at radius 1 is 1.16 bits per heavy atom. The third kappa shape index (κ3) is 10.6. The van der Waals surface area contributed by atoms with Gasteiger partial charge in [-0.1, -0.05) is 59.9 Å². The number of hydrogen-bond acceptors (Lipinski definition) is 11. The van der Waals surface area contributed by atoms with E-state index in [2.05, 4.69) is 10.6 Å². The van der Waals surface area contributed by atoms with Crippen molar-refractivity contribution in [1.82, 2.24) is 10.6 Å². The van der Waals surface area contributed by atoms with Crippen molar-refractivity contribution in [1.29, 1.82) is 0 Å². The van der Waals surface area contributed by atoms with E-state index in [-0.39, 0.29) is 47.7 Å². The molecule has 9 atom stereocenters. The third-order valence-electron chi connectivity index (χ3n) is 8.04. The minimum atomic E-state index is -1.33. The Labute approximate surface area is 261 Å². The summed E-state index contributed by atoms with van der Waals surface area (Å²) < 4.78 is 10.9. The van der Waals surface area contributed by atoms with E-state index in [4.69, 9.17) is 9.47 Å². The number of fused-ring (bicyclic) bond motifs is 1. The molecule has 11 nitrogen and oxygen atoms in total. The third-order valence-corrected chi connectivity index (χ3v) is 10.5. The molecule has 242 valence electrons. The van der Waals surface area contributed by atoms with Gasteiger partial charge in [0.05, 0.1) is 30.7 Å². The fraction of sp³-hybridized carbons (Fsp3) is 0.700. The number of carbonyl (C=O) groups is 3. The molecule has 0 aromatic rings. The number of nitrogens with one attached hydrogen (secondary N) is 2. The summed E-state index contributed by atoms with van der Waals surface area (Å²) in [7, 11) is 3.12. The van der Waals surface area contributed by atoms with E-state index in [0.717, 1.165) is 25.0 Å². The van der Waals surface area contributed by atoms with Crippen LogP contribution in [0.5, 0.6) is 0 Å². The molecule has 0 saturated carbocycles. The van der Waals surface area contributed by atoms with Crippen molar-refractivity contribution < 1.29 is 44.3 Å². The predicted octanol–water partition coefficient (Wildman–Crippen LogP) is 2.10. The first kappa shape index (κ1) is 35.6. The van der Waals surface area contributed by atoms with Crippen LogP contribution in [-0.4, -0.2) is 93.2 Å². The van der Waals surface area contributed by atoms with Crippen LogP contribution in [0.2, 0.25) is 0 Å². The van der Waals surface area contributed by atoms with Crippen molar-refractivity contribution in [2.45, 2.75) is 108 Å². The number of hydrogen-bond donors (Lipinski definition) is 6. The van der Waals surface area contributed by atoms with E-state index >= 15 is 0 Å². The number of carbonyl (C=O) groups excluding carboxylic acids is 3. The summed E-state index contributed by atoms with van der Waals surface area (Å²) in [6.45, 7) is 5.46. The summed E-state index contributed by atoms with van der Waals surface area (Å²) in [4.78, 5) is 36.5. The van der Waals surface area contributed by atoms with Crippen LogP contribution in [0.1, 0.15) is 65.7 Å². The SMILES string of the molecule is C/C(=C\C(=O)OCCCCCCCC(=O)NC1C(=O)NC2=CSSC21)[C@H](O)[C@@H]1OC[C@H](C/C=C/[C@H](C)[C@H](C)O)[C@H](O)[C@@H]1O. The zero-order chi connectivity index (χ0) is 31.5. The molecule has 2 unspecified atom stereocenters. The average Bonchev–Trinajstić information content (AvgIpc) is 3.53. The van der Waals surface area contributed by atoms with Crippen molar-refractivity contribution in [3.63, 3.8) is 0 Å². The Hall–Kier alpha value is -1.87. The normalized spacial score (nSPS) is 29.5. The first-order valence-corrected chi connectivity index (χ1v) is 17.2. The molecule has 0 spiro atoms. The highest BCUT2D eigenvalue weighted by Crippen LogP contribution is 2.43. The van der Waals surface area contributed by atoms with E-state index in [9.17, 15) is 34.8 Å². The van der Waals surface area contributed by atoms with Gasteiger partial charge >= 0.3 is 5.97 Å². The number of aliphatic hydroxyl groups excluding tert-OH is 4. The second-order valence-electron chi connectivity index (χ2n) is 11.5. The Morgan fingerprint density at radius 3 is 2.63 bits per heavy atom. The second-order valence-corrected chi connectivity index (χ2v) is 13.8. The van der Waals surface area contributed by atoms with Crippen molar-refractivity contribution in [3.05, 3.63) is 34.9 Å². The van der Waals surface area contributed by atoms with Gasteiger partial charge in [0.15, 0.2) is 0 Å². The van der Waals surface area contributed by atoms with Gasteiger partial charge < -0.3 is 40.5 Å². The molecule has 13 heteroatoms. The van der Waals surface area contributed by atoms with Gasteiger partial charge in [-0.2, -0.15) is 0 Å². The van der Waals surface area contributed by atoms with Gasteiger partial charge in [-0.3, -0.25) is 9.59 Å². The molecule has 6 N–H and O–H groups in total. The lowest BCUT2D eigenvalue weighted by atomic mass is 9.86. The smallest absolute Gasteiger partial charge is 0.330 e. The second kappa shape index (κ2) is 17.6. The molecule has 0 bridgehead atoms. The highest BCUT2D eigenvalue weighted by molar-refractivity contribution is 8.78. The number of unbranched alkanes of at least 4 members (excludes halogenated alkanes) is 4. The molecular weight excluding hydrogens is 596 g/mol. The van der Waals surface area contributed by atoms with Gasteiger partial charge in [0.1, 0.15) is 24.4 Å². The molecule has 3 aliphatic rings. The highest BCUT2D eigenvalue weighted by Gasteiger charge is 2.43. The van der Waals surface area contributed by atoms with Crippen LogP contribution in [0.4, 0.5) is 0 Å². The molecule has 0 aromatic carbocycles. The van der Waals surface area contributed by atoms with Crippen LogP contribution in [-0.2, 0) is 23.9 Å². The minimum Gasteiger partial charge on any atom is -0.463 e. The fourth-order valence-corrected chi connectivity index (χ4v) is 7.61. The topological polar surface area (TPSA) is 175 Å². The Balaban J connectivity index is 1.26. The first-order valence-electron chi connectivity index (χ1n) is 15.0. The molecule has 2 amide bonds. The van der Waals surface area contributed by atoms with Crippen LogP contribution >= 0.6 is 21.6 Å². The van der Waals surface area contributed by atoms with E-state index in [1.54, 1.807) is 28.5 Å².